The van der Waals surface area contributed by atoms with Crippen molar-refractivity contribution in [3.63, 3.8) is 0 Å². The second-order valence-electron chi connectivity index (χ2n) is 9.63. The van der Waals surface area contributed by atoms with E-state index in [1.54, 1.807) is 20.8 Å². The molecule has 0 aliphatic rings. The van der Waals surface area contributed by atoms with Crippen LogP contribution in [0.4, 0.5) is 4.79 Å². The van der Waals surface area contributed by atoms with Gasteiger partial charge in [0.05, 0.1) is 31.5 Å². The van der Waals surface area contributed by atoms with Crippen molar-refractivity contribution < 1.29 is 28.2 Å². The Bertz CT molecular complexity index is 725. The molecule has 170 valence electrons. The molecule has 1 aromatic heterocycles. The highest BCUT2D eigenvalue weighted by Gasteiger charge is 2.38. The first kappa shape index (κ1) is 25.9. The van der Waals surface area contributed by atoms with Gasteiger partial charge in [0, 0.05) is 6.20 Å². The van der Waals surface area contributed by atoms with E-state index in [4.69, 9.17) is 18.6 Å². The quantitative estimate of drug-likeness (QED) is 0.479. The molecule has 9 heteroatoms. The Morgan fingerprint density at radius 3 is 2.27 bits per heavy atom. The van der Waals surface area contributed by atoms with E-state index in [2.05, 4.69) is 44.2 Å². The molecule has 1 heterocycles. The van der Waals surface area contributed by atoms with Gasteiger partial charge >= 0.3 is 12.1 Å². The molecule has 1 atom stereocenters. The molecule has 0 bridgehead atoms. The van der Waals surface area contributed by atoms with Crippen LogP contribution in [0.2, 0.25) is 18.1 Å². The lowest BCUT2D eigenvalue weighted by molar-refractivity contribution is 0.0461. The van der Waals surface area contributed by atoms with Gasteiger partial charge in [-0.3, -0.25) is 4.98 Å². The zero-order valence-corrected chi connectivity index (χ0v) is 20.6. The van der Waals surface area contributed by atoms with E-state index >= 15 is 0 Å². The van der Waals surface area contributed by atoms with Gasteiger partial charge in [-0.05, 0) is 45.0 Å². The zero-order chi connectivity index (χ0) is 23.2. The highest BCUT2D eigenvalue weighted by molar-refractivity contribution is 6.74. The molecule has 0 fully saturated rings. The minimum Gasteiger partial charge on any atom is -0.490 e. The van der Waals surface area contributed by atoms with Crippen LogP contribution in [0.15, 0.2) is 18.5 Å². The number of alkyl carbamates (subject to hydrolysis) is 1. The van der Waals surface area contributed by atoms with Gasteiger partial charge in [0.1, 0.15) is 18.0 Å². The molecular weight excluding hydrogens is 404 g/mol. The van der Waals surface area contributed by atoms with E-state index in [1.165, 1.54) is 25.6 Å². The van der Waals surface area contributed by atoms with Crippen molar-refractivity contribution in [1.82, 2.24) is 10.3 Å². The van der Waals surface area contributed by atoms with Crippen molar-refractivity contribution >= 4 is 20.4 Å². The second kappa shape index (κ2) is 10.3. The van der Waals surface area contributed by atoms with Gasteiger partial charge in [-0.15, -0.1) is 0 Å². The Hall–Kier alpha value is -2.13. The summed E-state index contributed by atoms with van der Waals surface area (Å²) in [5.74, 6) is -0.112. The molecule has 0 radical (unpaired) electrons. The molecule has 1 N–H and O–H groups in total. The molecular formula is C21H36N2O6Si. The number of nitrogens with one attached hydrogen (secondary N) is 1. The summed E-state index contributed by atoms with van der Waals surface area (Å²) < 4.78 is 22.1. The van der Waals surface area contributed by atoms with Gasteiger partial charge in [-0.1, -0.05) is 20.8 Å². The van der Waals surface area contributed by atoms with Crippen LogP contribution in [0.5, 0.6) is 5.75 Å². The molecule has 0 saturated carbocycles. The van der Waals surface area contributed by atoms with Crippen LogP contribution in [-0.4, -0.2) is 57.3 Å². The predicted molar refractivity (Wildman–Crippen MR) is 117 cm³/mol. The van der Waals surface area contributed by atoms with Crippen molar-refractivity contribution in [2.45, 2.75) is 71.3 Å². The molecule has 0 aliphatic carbocycles. The van der Waals surface area contributed by atoms with Crippen LogP contribution < -0.4 is 10.1 Å². The van der Waals surface area contributed by atoms with Crippen LogP contribution in [0.25, 0.3) is 0 Å². The molecule has 1 amide bonds. The van der Waals surface area contributed by atoms with Crippen LogP contribution in [0.1, 0.15) is 51.9 Å². The highest BCUT2D eigenvalue weighted by atomic mass is 28.4. The third-order valence-electron chi connectivity index (χ3n) is 4.76. The summed E-state index contributed by atoms with van der Waals surface area (Å²) in [5, 5.41) is 2.85. The fraction of sp³-hybridized carbons (Fsp3) is 0.667. The predicted octanol–water partition coefficient (Wildman–Crippen LogP) is 4.16. The standard InChI is InChI=1S/C21H36N2O6Si/c1-20(2,3)29-19(25)23-16(14-28-30(8,9)21(4,5)6)13-27-17-10-15(11-22-12-17)18(24)26-7/h10-12,16H,13-14H2,1-9H3,(H,23,25)/t16-/m1/s1. The number of carbonyl (C=O) groups excluding carboxylic acids is 2. The average Bonchev–Trinajstić information content (AvgIpc) is 2.61. The van der Waals surface area contributed by atoms with E-state index in [1.807, 2.05) is 0 Å². The monoisotopic (exact) mass is 440 g/mol. The summed E-state index contributed by atoms with van der Waals surface area (Å²) in [6.45, 7) is 16.5. The Morgan fingerprint density at radius 1 is 1.10 bits per heavy atom. The lowest BCUT2D eigenvalue weighted by atomic mass is 10.2. The van der Waals surface area contributed by atoms with Gasteiger partial charge in [-0.2, -0.15) is 0 Å². The molecule has 0 saturated heterocycles. The molecule has 1 rings (SSSR count). The number of rotatable bonds is 8. The topological polar surface area (TPSA) is 96.0 Å². The fourth-order valence-corrected chi connectivity index (χ4v) is 3.11. The highest BCUT2D eigenvalue weighted by Crippen LogP contribution is 2.36. The van der Waals surface area contributed by atoms with E-state index in [-0.39, 0.29) is 23.8 Å². The third kappa shape index (κ3) is 8.70. The molecule has 1 aromatic rings. The van der Waals surface area contributed by atoms with Crippen molar-refractivity contribution in [1.29, 1.82) is 0 Å². The van der Waals surface area contributed by atoms with Gasteiger partial charge in [0.25, 0.3) is 0 Å². The van der Waals surface area contributed by atoms with Gasteiger partial charge in [0.15, 0.2) is 8.32 Å². The van der Waals surface area contributed by atoms with Crippen molar-refractivity contribution in [2.75, 3.05) is 20.3 Å². The average molecular weight is 441 g/mol. The number of hydrogen-bond donors (Lipinski definition) is 1. The number of methoxy groups -OCH3 is 1. The Balaban J connectivity index is 2.87. The molecule has 30 heavy (non-hydrogen) atoms. The minimum atomic E-state index is -2.02. The minimum absolute atomic E-state index is 0.0308. The maximum atomic E-state index is 12.3. The van der Waals surface area contributed by atoms with Gasteiger partial charge in [0.2, 0.25) is 0 Å². The first-order valence-corrected chi connectivity index (χ1v) is 12.8. The van der Waals surface area contributed by atoms with Crippen molar-refractivity contribution in [3.8, 4) is 5.75 Å². The largest absolute Gasteiger partial charge is 0.490 e. The number of nitrogens with zero attached hydrogens (tertiary/aromatic N) is 1. The van der Waals surface area contributed by atoms with Gasteiger partial charge < -0.3 is 24.0 Å². The number of aromatic nitrogens is 1. The lowest BCUT2D eigenvalue weighted by Crippen LogP contribution is -2.49. The van der Waals surface area contributed by atoms with Crippen molar-refractivity contribution in [3.05, 3.63) is 24.0 Å². The summed E-state index contributed by atoms with van der Waals surface area (Å²) in [5.41, 5.74) is -0.335. The summed E-state index contributed by atoms with van der Waals surface area (Å²) in [7, 11) is -0.723. The maximum absolute atomic E-state index is 12.3. The van der Waals surface area contributed by atoms with Crippen LogP contribution in [-0.2, 0) is 13.9 Å². The second-order valence-corrected chi connectivity index (χ2v) is 14.4. The van der Waals surface area contributed by atoms with E-state index < -0.39 is 32.0 Å². The molecule has 0 unspecified atom stereocenters. The first-order valence-electron chi connectivity index (χ1n) is 9.94. The first-order chi connectivity index (χ1) is 13.6. The number of hydrogen-bond acceptors (Lipinski definition) is 7. The van der Waals surface area contributed by atoms with Crippen LogP contribution >= 0.6 is 0 Å². The smallest absolute Gasteiger partial charge is 0.408 e. The summed E-state index contributed by atoms with van der Waals surface area (Å²) in [4.78, 5) is 28.0. The Labute approximate surface area is 180 Å². The number of ether oxygens (including phenoxy) is 3. The molecule has 8 nitrogen and oxygen atoms in total. The number of pyridine rings is 1. The fourth-order valence-electron chi connectivity index (χ4n) is 2.06. The SMILES string of the molecule is COC(=O)c1cncc(OC[C@H](CO[Si](C)(C)C(C)(C)C)NC(=O)OC(C)(C)C)c1. The number of amides is 1. The Morgan fingerprint density at radius 2 is 1.73 bits per heavy atom. The van der Waals surface area contributed by atoms with Crippen LogP contribution in [0.3, 0.4) is 0 Å². The van der Waals surface area contributed by atoms with Crippen molar-refractivity contribution in [2.24, 2.45) is 0 Å². The zero-order valence-electron chi connectivity index (χ0n) is 19.6. The van der Waals surface area contributed by atoms with E-state index in [0.29, 0.717) is 5.75 Å². The summed E-state index contributed by atoms with van der Waals surface area (Å²) >= 11 is 0. The third-order valence-corrected chi connectivity index (χ3v) is 9.26. The summed E-state index contributed by atoms with van der Waals surface area (Å²) in [6, 6.07) is 1.09. The lowest BCUT2D eigenvalue weighted by Gasteiger charge is -2.37. The normalized spacial score (nSPS) is 13.4. The van der Waals surface area contributed by atoms with E-state index in [9.17, 15) is 9.59 Å². The molecule has 0 aromatic carbocycles. The number of carbonyl (C=O) groups is 2. The van der Waals surface area contributed by atoms with Crippen LogP contribution in [0, 0.1) is 0 Å². The van der Waals surface area contributed by atoms with Gasteiger partial charge in [-0.25, -0.2) is 9.59 Å². The summed E-state index contributed by atoms with van der Waals surface area (Å²) in [6.07, 6.45) is 2.35. The molecule has 0 aliphatic heterocycles. The molecule has 0 spiro atoms. The Kier molecular flexibility index (Phi) is 8.86. The maximum Gasteiger partial charge on any atom is 0.408 e. The van der Waals surface area contributed by atoms with E-state index in [0.717, 1.165) is 0 Å². The number of esters is 1.